The minimum atomic E-state index is -0.515. The van der Waals surface area contributed by atoms with E-state index >= 15 is 0 Å². The quantitative estimate of drug-likeness (QED) is 0.390. The van der Waals surface area contributed by atoms with Crippen LogP contribution in [0.2, 0.25) is 0 Å². The third kappa shape index (κ3) is 3.95. The predicted molar refractivity (Wildman–Crippen MR) is 89.3 cm³/mol. The maximum absolute atomic E-state index is 12.2. The van der Waals surface area contributed by atoms with E-state index in [9.17, 15) is 19.7 Å². The summed E-state index contributed by atoms with van der Waals surface area (Å²) >= 11 is 1.24. The van der Waals surface area contributed by atoms with E-state index in [1.54, 1.807) is 36.6 Å². The number of amides is 1. The number of carbonyl (C=O) groups is 2. The number of anilines is 1. The zero-order valence-electron chi connectivity index (χ0n) is 12.5. The Morgan fingerprint density at radius 3 is 2.48 bits per heavy atom. The lowest BCUT2D eigenvalue weighted by Gasteiger charge is -2.07. The molecule has 2 aromatic rings. The average Bonchev–Trinajstić information content (AvgIpc) is 2.54. The lowest BCUT2D eigenvalue weighted by atomic mass is 10.1. The molecule has 0 radical (unpaired) electrons. The fraction of sp³-hybridized carbons (Fsp3) is 0.125. The van der Waals surface area contributed by atoms with Crippen molar-refractivity contribution >= 4 is 34.8 Å². The summed E-state index contributed by atoms with van der Waals surface area (Å²) in [6.45, 7) is 1.44. The molecule has 0 heterocycles. The first-order chi connectivity index (χ1) is 10.9. The summed E-state index contributed by atoms with van der Waals surface area (Å²) in [5, 5.41) is 13.7. The van der Waals surface area contributed by atoms with Crippen molar-refractivity contribution < 1.29 is 14.5 Å². The number of Topliss-reactive ketones (excluding diaryl/α,β-unsaturated/α-hetero) is 1. The van der Waals surface area contributed by atoms with E-state index in [-0.39, 0.29) is 17.0 Å². The highest BCUT2D eigenvalue weighted by Crippen LogP contribution is 2.28. The first kappa shape index (κ1) is 16.7. The first-order valence-electron chi connectivity index (χ1n) is 6.67. The molecule has 7 heteroatoms. The van der Waals surface area contributed by atoms with Crippen LogP contribution in [0.1, 0.15) is 27.6 Å². The van der Waals surface area contributed by atoms with E-state index in [0.717, 1.165) is 0 Å². The molecule has 0 unspecified atom stereocenters. The summed E-state index contributed by atoms with van der Waals surface area (Å²) in [6, 6.07) is 10.8. The van der Waals surface area contributed by atoms with Crippen LogP contribution in [0.25, 0.3) is 0 Å². The molecule has 0 fully saturated rings. The topological polar surface area (TPSA) is 89.3 Å². The van der Waals surface area contributed by atoms with Gasteiger partial charge in [-0.25, -0.2) is 0 Å². The second-order valence-electron chi connectivity index (χ2n) is 4.73. The molecule has 0 aliphatic carbocycles. The Kier molecular flexibility index (Phi) is 5.13. The Bertz CT molecular complexity index is 789. The van der Waals surface area contributed by atoms with Crippen LogP contribution in [0.3, 0.4) is 0 Å². The van der Waals surface area contributed by atoms with Gasteiger partial charge in [-0.3, -0.25) is 19.7 Å². The first-order valence-corrected chi connectivity index (χ1v) is 7.89. The summed E-state index contributed by atoms with van der Waals surface area (Å²) in [4.78, 5) is 34.6. The second-order valence-corrected chi connectivity index (χ2v) is 5.58. The largest absolute Gasteiger partial charge is 0.322 e. The van der Waals surface area contributed by atoms with Crippen LogP contribution < -0.4 is 5.32 Å². The number of carbonyl (C=O) groups excluding carboxylic acids is 2. The van der Waals surface area contributed by atoms with Crippen molar-refractivity contribution in [2.45, 2.75) is 11.8 Å². The molecule has 0 atom stereocenters. The number of hydrogen-bond donors (Lipinski definition) is 1. The molecule has 0 spiro atoms. The molecule has 2 aromatic carbocycles. The molecule has 23 heavy (non-hydrogen) atoms. The van der Waals surface area contributed by atoms with Gasteiger partial charge in [-0.15, -0.1) is 11.8 Å². The maximum atomic E-state index is 12.2. The van der Waals surface area contributed by atoms with Gasteiger partial charge in [0.1, 0.15) is 0 Å². The third-order valence-corrected chi connectivity index (χ3v) is 3.95. The van der Waals surface area contributed by atoms with Crippen LogP contribution in [-0.2, 0) is 0 Å². The molecule has 1 N–H and O–H groups in total. The van der Waals surface area contributed by atoms with Crippen molar-refractivity contribution in [2.24, 2.45) is 0 Å². The monoisotopic (exact) mass is 330 g/mol. The van der Waals surface area contributed by atoms with E-state index in [2.05, 4.69) is 5.32 Å². The van der Waals surface area contributed by atoms with Crippen molar-refractivity contribution in [2.75, 3.05) is 11.6 Å². The average molecular weight is 330 g/mol. The highest BCUT2D eigenvalue weighted by Gasteiger charge is 2.17. The van der Waals surface area contributed by atoms with Gasteiger partial charge in [0.05, 0.1) is 9.82 Å². The molecule has 6 nitrogen and oxygen atoms in total. The van der Waals surface area contributed by atoms with Gasteiger partial charge in [0.2, 0.25) is 0 Å². The van der Waals surface area contributed by atoms with Crippen LogP contribution in [0, 0.1) is 10.1 Å². The number of thioether (sulfide) groups is 1. The van der Waals surface area contributed by atoms with E-state index in [1.807, 2.05) is 0 Å². The molecule has 1 amide bonds. The SMILES string of the molecule is CSc1ccc(C(=O)Nc2cccc(C(C)=O)c2)cc1[N+](=O)[O-]. The normalized spacial score (nSPS) is 10.2. The Hall–Kier alpha value is -2.67. The zero-order chi connectivity index (χ0) is 17.0. The second kappa shape index (κ2) is 7.06. The molecular formula is C16H14N2O4S. The summed E-state index contributed by atoms with van der Waals surface area (Å²) in [5.74, 6) is -0.581. The number of rotatable bonds is 5. The van der Waals surface area contributed by atoms with Gasteiger partial charge < -0.3 is 5.32 Å². The standard InChI is InChI=1S/C16H14N2O4S/c1-10(19)11-4-3-5-13(8-11)17-16(20)12-6-7-15(23-2)14(9-12)18(21)22/h3-9H,1-2H3,(H,17,20). The Morgan fingerprint density at radius 2 is 1.87 bits per heavy atom. The van der Waals surface area contributed by atoms with Crippen LogP contribution in [-0.4, -0.2) is 22.9 Å². The lowest BCUT2D eigenvalue weighted by molar-refractivity contribution is -0.387. The van der Waals surface area contributed by atoms with Crippen molar-refractivity contribution in [3.63, 3.8) is 0 Å². The van der Waals surface area contributed by atoms with Crippen molar-refractivity contribution in [1.29, 1.82) is 0 Å². The number of nitrogens with zero attached hydrogens (tertiary/aromatic N) is 1. The molecule has 0 aliphatic heterocycles. The number of nitro groups is 1. The molecule has 0 bridgehead atoms. The molecule has 0 aliphatic rings. The van der Waals surface area contributed by atoms with Gasteiger partial charge in [0, 0.05) is 22.9 Å². The van der Waals surface area contributed by atoms with Crippen LogP contribution in [0.4, 0.5) is 11.4 Å². The van der Waals surface area contributed by atoms with Gasteiger partial charge in [-0.05, 0) is 37.4 Å². The Balaban J connectivity index is 2.27. The molecule has 2 rings (SSSR count). The van der Waals surface area contributed by atoms with E-state index < -0.39 is 10.8 Å². The van der Waals surface area contributed by atoms with Crippen LogP contribution >= 0.6 is 11.8 Å². The zero-order valence-corrected chi connectivity index (χ0v) is 13.3. The van der Waals surface area contributed by atoms with Gasteiger partial charge in [0.15, 0.2) is 5.78 Å². The summed E-state index contributed by atoms with van der Waals surface area (Å²) < 4.78 is 0. The minimum absolute atomic E-state index is 0.109. The van der Waals surface area contributed by atoms with Crippen molar-refractivity contribution in [3.05, 3.63) is 63.7 Å². The lowest BCUT2D eigenvalue weighted by Crippen LogP contribution is -2.12. The summed E-state index contributed by atoms with van der Waals surface area (Å²) in [6.07, 6.45) is 1.73. The van der Waals surface area contributed by atoms with E-state index in [0.29, 0.717) is 16.1 Å². The van der Waals surface area contributed by atoms with Crippen LogP contribution in [0.5, 0.6) is 0 Å². The number of nitro benzene ring substituents is 1. The minimum Gasteiger partial charge on any atom is -0.322 e. The third-order valence-electron chi connectivity index (χ3n) is 3.16. The molecule has 0 aromatic heterocycles. The predicted octanol–water partition coefficient (Wildman–Crippen LogP) is 3.77. The number of ketones is 1. The van der Waals surface area contributed by atoms with E-state index in [4.69, 9.17) is 0 Å². The van der Waals surface area contributed by atoms with Gasteiger partial charge in [0.25, 0.3) is 11.6 Å². The Morgan fingerprint density at radius 1 is 1.13 bits per heavy atom. The molecular weight excluding hydrogens is 316 g/mol. The van der Waals surface area contributed by atoms with Crippen LogP contribution in [0.15, 0.2) is 47.4 Å². The fourth-order valence-corrected chi connectivity index (χ4v) is 2.54. The number of benzene rings is 2. The number of nitrogens with one attached hydrogen (secondary N) is 1. The fourth-order valence-electron chi connectivity index (χ4n) is 1.99. The van der Waals surface area contributed by atoms with Crippen molar-refractivity contribution in [1.82, 2.24) is 0 Å². The highest BCUT2D eigenvalue weighted by atomic mass is 32.2. The van der Waals surface area contributed by atoms with Gasteiger partial charge >= 0.3 is 0 Å². The van der Waals surface area contributed by atoms with E-state index in [1.165, 1.54) is 30.8 Å². The molecule has 118 valence electrons. The molecule has 0 saturated heterocycles. The highest BCUT2D eigenvalue weighted by molar-refractivity contribution is 7.98. The van der Waals surface area contributed by atoms with Crippen molar-refractivity contribution in [3.8, 4) is 0 Å². The van der Waals surface area contributed by atoms with Gasteiger partial charge in [-0.1, -0.05) is 12.1 Å². The Labute approximate surface area is 137 Å². The maximum Gasteiger partial charge on any atom is 0.283 e. The summed E-state index contributed by atoms with van der Waals surface area (Å²) in [7, 11) is 0. The number of hydrogen-bond acceptors (Lipinski definition) is 5. The summed E-state index contributed by atoms with van der Waals surface area (Å²) in [5.41, 5.74) is 1.01. The van der Waals surface area contributed by atoms with Gasteiger partial charge in [-0.2, -0.15) is 0 Å². The molecule has 0 saturated carbocycles. The smallest absolute Gasteiger partial charge is 0.283 e.